The van der Waals surface area contributed by atoms with Crippen LogP contribution in [-0.4, -0.2) is 46.6 Å². The van der Waals surface area contributed by atoms with E-state index in [-0.39, 0.29) is 5.82 Å². The van der Waals surface area contributed by atoms with Gasteiger partial charge in [0.05, 0.1) is 6.20 Å². The highest BCUT2D eigenvalue weighted by Crippen LogP contribution is 2.29. The number of hydrogen-bond acceptors (Lipinski definition) is 5. The fourth-order valence-corrected chi connectivity index (χ4v) is 3.30. The smallest absolute Gasteiger partial charge is 0.224 e. The Hall–Kier alpha value is -1.43. The van der Waals surface area contributed by atoms with Gasteiger partial charge in [0, 0.05) is 25.2 Å². The van der Waals surface area contributed by atoms with Crippen LogP contribution in [0.3, 0.4) is 0 Å². The third-order valence-corrected chi connectivity index (χ3v) is 4.26. The third-order valence-electron chi connectivity index (χ3n) is 4.26. The van der Waals surface area contributed by atoms with Crippen molar-refractivity contribution < 1.29 is 4.39 Å². The number of nitrogens with zero attached hydrogens (tertiary/aromatic N) is 3. The number of halogens is 1. The first-order chi connectivity index (χ1) is 9.78. The summed E-state index contributed by atoms with van der Waals surface area (Å²) in [5.41, 5.74) is 0. The lowest BCUT2D eigenvalue weighted by Crippen LogP contribution is -2.42. The van der Waals surface area contributed by atoms with Crippen LogP contribution in [0, 0.1) is 5.82 Å². The van der Waals surface area contributed by atoms with Crippen LogP contribution >= 0.6 is 0 Å². The zero-order chi connectivity index (χ0) is 13.9. The standard InChI is InChI=1S/C14H22FN5/c1-2-16-14-17-9-10(15)13(19-14)18-11-6-8-20-7-4-3-5-12(11)20/h9,11-12H,2-8H2,1H3,(H2,16,17,18,19). The summed E-state index contributed by atoms with van der Waals surface area (Å²) >= 11 is 0. The molecule has 3 heterocycles. The van der Waals surface area contributed by atoms with Gasteiger partial charge in [0.1, 0.15) is 0 Å². The SMILES string of the molecule is CCNc1ncc(F)c(NC2CCN3CCCCC23)n1. The second-order valence-electron chi connectivity index (χ2n) is 5.56. The predicted molar refractivity (Wildman–Crippen MR) is 77.4 cm³/mol. The first kappa shape index (κ1) is 13.5. The average Bonchev–Trinajstić information content (AvgIpc) is 2.86. The third kappa shape index (κ3) is 2.70. The molecule has 2 atom stereocenters. The van der Waals surface area contributed by atoms with Crippen LogP contribution in [-0.2, 0) is 0 Å². The van der Waals surface area contributed by atoms with E-state index in [0.717, 1.165) is 19.5 Å². The van der Waals surface area contributed by atoms with E-state index in [1.54, 1.807) is 0 Å². The molecule has 3 rings (SSSR count). The maximum atomic E-state index is 13.9. The van der Waals surface area contributed by atoms with Crippen LogP contribution < -0.4 is 10.6 Å². The number of aromatic nitrogens is 2. The topological polar surface area (TPSA) is 53.1 Å². The summed E-state index contributed by atoms with van der Waals surface area (Å²) in [6.07, 6.45) is 6.06. The number of fused-ring (bicyclic) bond motifs is 1. The summed E-state index contributed by atoms with van der Waals surface area (Å²) in [5.74, 6) is 0.434. The minimum atomic E-state index is -0.374. The number of piperidine rings is 1. The zero-order valence-electron chi connectivity index (χ0n) is 11.9. The van der Waals surface area contributed by atoms with Gasteiger partial charge in [-0.05, 0) is 32.7 Å². The molecule has 1 aromatic rings. The van der Waals surface area contributed by atoms with Gasteiger partial charge < -0.3 is 10.6 Å². The molecule has 20 heavy (non-hydrogen) atoms. The van der Waals surface area contributed by atoms with E-state index in [1.807, 2.05) is 6.92 Å². The molecule has 110 valence electrons. The quantitative estimate of drug-likeness (QED) is 0.884. The van der Waals surface area contributed by atoms with Crippen molar-refractivity contribution in [1.29, 1.82) is 0 Å². The number of hydrogen-bond donors (Lipinski definition) is 2. The molecule has 0 aliphatic carbocycles. The van der Waals surface area contributed by atoms with Crippen molar-refractivity contribution in [2.75, 3.05) is 30.3 Å². The summed E-state index contributed by atoms with van der Waals surface area (Å²) < 4.78 is 13.9. The van der Waals surface area contributed by atoms with Gasteiger partial charge in [-0.3, -0.25) is 4.90 Å². The molecule has 0 saturated carbocycles. The molecule has 5 nitrogen and oxygen atoms in total. The molecule has 2 fully saturated rings. The Morgan fingerprint density at radius 1 is 1.35 bits per heavy atom. The van der Waals surface area contributed by atoms with E-state index in [1.165, 1.54) is 32.0 Å². The number of rotatable bonds is 4. The Morgan fingerprint density at radius 3 is 3.10 bits per heavy atom. The van der Waals surface area contributed by atoms with E-state index in [4.69, 9.17) is 0 Å². The maximum Gasteiger partial charge on any atom is 0.224 e. The molecule has 6 heteroatoms. The van der Waals surface area contributed by atoms with Gasteiger partial charge in [0.15, 0.2) is 11.6 Å². The largest absolute Gasteiger partial charge is 0.363 e. The van der Waals surface area contributed by atoms with E-state index < -0.39 is 0 Å². The van der Waals surface area contributed by atoms with E-state index >= 15 is 0 Å². The van der Waals surface area contributed by atoms with Crippen molar-refractivity contribution in [2.24, 2.45) is 0 Å². The summed E-state index contributed by atoms with van der Waals surface area (Å²) in [4.78, 5) is 10.7. The molecular weight excluding hydrogens is 257 g/mol. The van der Waals surface area contributed by atoms with Gasteiger partial charge in [0.25, 0.3) is 0 Å². The molecule has 2 aliphatic rings. The highest BCUT2D eigenvalue weighted by Gasteiger charge is 2.35. The second kappa shape index (κ2) is 5.91. The van der Waals surface area contributed by atoms with Crippen molar-refractivity contribution in [1.82, 2.24) is 14.9 Å². The van der Waals surface area contributed by atoms with Gasteiger partial charge in [-0.1, -0.05) is 6.42 Å². The summed E-state index contributed by atoms with van der Waals surface area (Å²) in [5, 5.41) is 6.32. The lowest BCUT2D eigenvalue weighted by Gasteiger charge is -2.32. The van der Waals surface area contributed by atoms with Crippen molar-refractivity contribution in [3.05, 3.63) is 12.0 Å². The first-order valence-electron chi connectivity index (χ1n) is 7.55. The van der Waals surface area contributed by atoms with Crippen LogP contribution in [0.2, 0.25) is 0 Å². The Labute approximate surface area is 119 Å². The monoisotopic (exact) mass is 279 g/mol. The van der Waals surface area contributed by atoms with E-state index in [9.17, 15) is 4.39 Å². The Balaban J connectivity index is 1.72. The van der Waals surface area contributed by atoms with E-state index in [2.05, 4.69) is 25.5 Å². The van der Waals surface area contributed by atoms with Crippen LogP contribution in [0.5, 0.6) is 0 Å². The molecule has 2 aliphatic heterocycles. The fraction of sp³-hybridized carbons (Fsp3) is 0.714. The lowest BCUT2D eigenvalue weighted by atomic mass is 9.99. The molecule has 2 saturated heterocycles. The fourth-order valence-electron chi connectivity index (χ4n) is 3.30. The molecule has 0 amide bonds. The predicted octanol–water partition coefficient (Wildman–Crippen LogP) is 2.09. The molecular formula is C14H22FN5. The van der Waals surface area contributed by atoms with Gasteiger partial charge in [-0.15, -0.1) is 0 Å². The van der Waals surface area contributed by atoms with Crippen molar-refractivity contribution in [2.45, 2.75) is 44.7 Å². The molecule has 2 unspecified atom stereocenters. The lowest BCUT2D eigenvalue weighted by molar-refractivity contribution is 0.192. The van der Waals surface area contributed by atoms with Crippen LogP contribution in [0.1, 0.15) is 32.6 Å². The van der Waals surface area contributed by atoms with Crippen molar-refractivity contribution in [3.63, 3.8) is 0 Å². The molecule has 0 bridgehead atoms. The highest BCUT2D eigenvalue weighted by molar-refractivity contribution is 5.42. The normalized spacial score (nSPS) is 26.3. The number of anilines is 2. The highest BCUT2D eigenvalue weighted by atomic mass is 19.1. The van der Waals surface area contributed by atoms with Gasteiger partial charge in [0.2, 0.25) is 5.95 Å². The van der Waals surface area contributed by atoms with Gasteiger partial charge in [-0.25, -0.2) is 9.37 Å². The summed E-state index contributed by atoms with van der Waals surface area (Å²) in [7, 11) is 0. The molecule has 2 N–H and O–H groups in total. The number of nitrogens with one attached hydrogen (secondary N) is 2. The molecule has 1 aromatic heterocycles. The second-order valence-corrected chi connectivity index (χ2v) is 5.56. The van der Waals surface area contributed by atoms with Gasteiger partial charge in [-0.2, -0.15) is 4.98 Å². The van der Waals surface area contributed by atoms with Crippen molar-refractivity contribution >= 4 is 11.8 Å². The van der Waals surface area contributed by atoms with Crippen LogP contribution in [0.25, 0.3) is 0 Å². The van der Waals surface area contributed by atoms with Gasteiger partial charge >= 0.3 is 0 Å². The minimum Gasteiger partial charge on any atom is -0.363 e. The molecule has 0 spiro atoms. The Morgan fingerprint density at radius 2 is 2.25 bits per heavy atom. The summed E-state index contributed by atoms with van der Waals surface area (Å²) in [6.45, 7) is 4.98. The first-order valence-corrected chi connectivity index (χ1v) is 7.55. The molecule has 0 radical (unpaired) electrons. The van der Waals surface area contributed by atoms with Crippen LogP contribution in [0.15, 0.2) is 6.20 Å². The maximum absolute atomic E-state index is 13.9. The zero-order valence-corrected chi connectivity index (χ0v) is 11.9. The minimum absolute atomic E-state index is 0.300. The van der Waals surface area contributed by atoms with Crippen LogP contribution in [0.4, 0.5) is 16.2 Å². The molecule has 0 aromatic carbocycles. The van der Waals surface area contributed by atoms with Crippen molar-refractivity contribution in [3.8, 4) is 0 Å². The average molecular weight is 279 g/mol. The van der Waals surface area contributed by atoms with E-state index in [0.29, 0.717) is 23.8 Å². The Bertz CT molecular complexity index is 467. The summed E-state index contributed by atoms with van der Waals surface area (Å²) in [6, 6.07) is 0.829. The Kier molecular flexibility index (Phi) is 4.00.